The number of allylic oxidation sites excluding steroid dienone is 2. The van der Waals surface area contributed by atoms with Crippen LogP contribution in [0.2, 0.25) is 0 Å². The van der Waals surface area contributed by atoms with Gasteiger partial charge in [-0.25, -0.2) is 24.4 Å². The number of hydrogen-bond acceptors (Lipinski definition) is 22. The van der Waals surface area contributed by atoms with Gasteiger partial charge in [-0.3, -0.25) is 53.7 Å². The molecule has 4 atom stereocenters. The Morgan fingerprint density at radius 1 is 0.740 bits per heavy atom. The molecule has 0 aliphatic carbocycles. The van der Waals surface area contributed by atoms with Crippen LogP contribution in [0.15, 0.2) is 78.9 Å². The fraction of sp³-hybridized carbons (Fsp3) is 0.381. The number of rotatable bonds is 29. The third-order valence-corrected chi connectivity index (χ3v) is 15.3. The van der Waals surface area contributed by atoms with E-state index in [-0.39, 0.29) is 139 Å². The minimum absolute atomic E-state index is 0.00997. The second kappa shape index (κ2) is 30.8. The van der Waals surface area contributed by atoms with Crippen LogP contribution in [0.5, 0.6) is 17.2 Å². The number of imidazole rings is 2. The van der Waals surface area contributed by atoms with Crippen LogP contribution in [0.1, 0.15) is 91.8 Å². The molecule has 33 nitrogen and oxygen atoms in total. The van der Waals surface area contributed by atoms with Crippen LogP contribution in [-0.4, -0.2) is 201 Å². The third-order valence-electron chi connectivity index (χ3n) is 15.3. The lowest BCUT2D eigenvalue weighted by Crippen LogP contribution is -2.54. The molecular formula is C63H72N14O19. The highest BCUT2D eigenvalue weighted by Crippen LogP contribution is 2.34. The largest absolute Gasteiger partial charge is 0.494 e. The Labute approximate surface area is 547 Å². The summed E-state index contributed by atoms with van der Waals surface area (Å²) in [5, 5.41) is 60.5. The Kier molecular flexibility index (Phi) is 22.2. The standard InChI is InChI=1S/C63H72N14O19/c1-8-76-43(25-34(3)70-76)56(85)68-61-66-41-27-37(58(87)88)29-46(91-6)52(41)74(61)21-10-11-22-75-53-42(67-62(75)69-57(86)44-26-35(4)71-77(44)9-2)28-38(59(89)92-7)30-47(53)93-24-12-20-72(5)63(90)95-32-36-13-14-39(96-60-55(84)54(83)45(78)33-94-60)31-40(36)65-49(80)17-19-64-48(79)18-23-73-50(81)15-16-51(73)82/h10-11,13-16,25-31,45,54-55,60,78,83-84H,8-9,12,17-24,32-33H2,1-7H3,(H,64,79)(H,65,80)(H,87,88)(H,66,68,85)(H,67,69,86)/b11-10+/t45-,54+,55-,60?/m1/s1. The Balaban J connectivity index is 0.921. The Bertz CT molecular complexity index is 4190. The second-order valence-corrected chi connectivity index (χ2v) is 22.1. The summed E-state index contributed by atoms with van der Waals surface area (Å²) in [6.07, 6.45) is -1.43. The molecule has 8 N–H and O–H groups in total. The van der Waals surface area contributed by atoms with Gasteiger partial charge in [-0.05, 0) is 82.6 Å². The molecule has 96 heavy (non-hydrogen) atoms. The number of fused-ring (bicyclic) bond motifs is 2. The van der Waals surface area contributed by atoms with Crippen LogP contribution in [0, 0.1) is 13.8 Å². The highest BCUT2D eigenvalue weighted by molar-refractivity contribution is 6.13. The van der Waals surface area contributed by atoms with E-state index < -0.39 is 84.7 Å². The highest BCUT2D eigenvalue weighted by Gasteiger charge is 2.39. The van der Waals surface area contributed by atoms with E-state index in [4.69, 9.17) is 33.4 Å². The molecule has 6 heterocycles. The molecule has 33 heteroatoms. The first kappa shape index (κ1) is 69.3. The number of aromatic nitrogens is 8. The fourth-order valence-corrected chi connectivity index (χ4v) is 10.5. The van der Waals surface area contributed by atoms with E-state index in [1.54, 1.807) is 47.3 Å². The lowest BCUT2D eigenvalue weighted by Gasteiger charge is -2.35. The van der Waals surface area contributed by atoms with Crippen molar-refractivity contribution < 1.29 is 92.0 Å². The monoisotopic (exact) mass is 1330 g/mol. The molecular weight excluding hydrogens is 1260 g/mol. The normalized spacial score (nSPS) is 16.1. The van der Waals surface area contributed by atoms with Crippen molar-refractivity contribution in [3.63, 3.8) is 0 Å². The molecule has 9 rings (SSSR count). The molecule has 2 aliphatic rings. The predicted molar refractivity (Wildman–Crippen MR) is 339 cm³/mol. The van der Waals surface area contributed by atoms with Crippen molar-refractivity contribution >= 4 is 93.1 Å². The van der Waals surface area contributed by atoms with Crippen LogP contribution in [0.25, 0.3) is 22.1 Å². The van der Waals surface area contributed by atoms with Crippen molar-refractivity contribution in [3.05, 3.63) is 118 Å². The van der Waals surface area contributed by atoms with Crippen molar-refractivity contribution in [2.75, 3.05) is 70.1 Å². The summed E-state index contributed by atoms with van der Waals surface area (Å²) in [5.41, 5.74) is 3.14. The fourth-order valence-electron chi connectivity index (χ4n) is 10.5. The van der Waals surface area contributed by atoms with Gasteiger partial charge in [0, 0.05) is 89.5 Å². The highest BCUT2D eigenvalue weighted by atomic mass is 16.7. The maximum atomic E-state index is 14.1. The van der Waals surface area contributed by atoms with E-state index in [1.165, 1.54) is 78.0 Å². The number of benzene rings is 3. The SMILES string of the molecule is CCn1nc(C)cc1C(=O)Nc1nc2cc(C(=O)O)cc(OC)c2n1C/C=C/Cn1c(NC(=O)c2cc(C)nn2CC)nc2cc(C(=O)OC)cc(OCCCN(C)C(=O)OCc3ccc(OC4OC[C@@H](O)[C@H](O)[C@H]4O)cc3NC(=O)CCNC(=O)CCN3C(=O)C=CC3=O)c21. The van der Waals surface area contributed by atoms with Gasteiger partial charge in [-0.15, -0.1) is 0 Å². The van der Waals surface area contributed by atoms with Crippen LogP contribution in [0.3, 0.4) is 0 Å². The lowest BCUT2D eigenvalue weighted by molar-refractivity contribution is -0.242. The molecule has 0 saturated carbocycles. The zero-order valence-electron chi connectivity index (χ0n) is 53.4. The summed E-state index contributed by atoms with van der Waals surface area (Å²) >= 11 is 0. The molecule has 7 amide bonds. The molecule has 3 aromatic carbocycles. The number of hydrogen-bond donors (Lipinski definition) is 8. The van der Waals surface area contributed by atoms with E-state index in [2.05, 4.69) is 36.4 Å². The molecule has 1 saturated heterocycles. The smallest absolute Gasteiger partial charge is 0.409 e. The topological polar surface area (TPSA) is 416 Å². The summed E-state index contributed by atoms with van der Waals surface area (Å²) in [6, 6.07) is 13.1. The number of imide groups is 1. The van der Waals surface area contributed by atoms with E-state index >= 15 is 0 Å². The van der Waals surface area contributed by atoms with Crippen molar-refractivity contribution in [1.82, 2.24) is 53.8 Å². The van der Waals surface area contributed by atoms with Crippen molar-refractivity contribution in [1.29, 1.82) is 0 Å². The number of carboxylic acid groups (broad SMARTS) is 1. The van der Waals surface area contributed by atoms with E-state index in [0.29, 0.717) is 35.5 Å². The minimum Gasteiger partial charge on any atom is -0.494 e. The van der Waals surface area contributed by atoms with Gasteiger partial charge in [0.05, 0.1) is 66.7 Å². The number of aryl methyl sites for hydroxylation is 4. The van der Waals surface area contributed by atoms with Gasteiger partial charge in [0.15, 0.2) is 0 Å². The number of aromatic carboxylic acids is 1. The Hall–Kier alpha value is -11.0. The first-order valence-electron chi connectivity index (χ1n) is 30.4. The van der Waals surface area contributed by atoms with Crippen LogP contribution in [0.4, 0.5) is 22.4 Å². The summed E-state index contributed by atoms with van der Waals surface area (Å²) in [5.74, 6) is -4.81. The minimum atomic E-state index is -1.65. The van der Waals surface area contributed by atoms with E-state index in [1.807, 2.05) is 13.8 Å². The summed E-state index contributed by atoms with van der Waals surface area (Å²) in [6.45, 7) is 6.89. The van der Waals surface area contributed by atoms with Gasteiger partial charge in [-0.2, -0.15) is 10.2 Å². The quantitative estimate of drug-likeness (QED) is 0.0144. The van der Waals surface area contributed by atoms with Gasteiger partial charge >= 0.3 is 18.0 Å². The van der Waals surface area contributed by atoms with Gasteiger partial charge in [-0.1, -0.05) is 12.2 Å². The second-order valence-electron chi connectivity index (χ2n) is 22.1. The number of esters is 1. The maximum Gasteiger partial charge on any atom is 0.409 e. The molecule has 1 unspecified atom stereocenters. The first-order chi connectivity index (χ1) is 46.0. The molecule has 0 radical (unpaired) electrons. The number of methoxy groups -OCH3 is 2. The van der Waals surface area contributed by atoms with Crippen molar-refractivity contribution in [3.8, 4) is 17.2 Å². The molecule has 7 aromatic rings. The molecule has 0 bridgehead atoms. The van der Waals surface area contributed by atoms with Gasteiger partial charge in [0.1, 0.15) is 64.6 Å². The molecule has 508 valence electrons. The summed E-state index contributed by atoms with van der Waals surface area (Å²) in [4.78, 5) is 128. The zero-order chi connectivity index (χ0) is 69.1. The molecule has 0 spiro atoms. The van der Waals surface area contributed by atoms with Crippen LogP contribution in [-0.2, 0) is 66.2 Å². The molecule has 2 aliphatic heterocycles. The average molecular weight is 1330 g/mol. The molecule has 1 fully saturated rings. The van der Waals surface area contributed by atoms with Crippen LogP contribution >= 0.6 is 0 Å². The van der Waals surface area contributed by atoms with Gasteiger partial charge in [0.2, 0.25) is 30.0 Å². The lowest BCUT2D eigenvalue weighted by atomic mass is 10.1. The number of carbonyl (C=O) groups excluding carboxylic acids is 8. The van der Waals surface area contributed by atoms with E-state index in [9.17, 15) is 63.6 Å². The average Bonchev–Trinajstić information content (AvgIpc) is 1.61. The maximum absolute atomic E-state index is 14.1. The number of carbonyl (C=O) groups is 9. The summed E-state index contributed by atoms with van der Waals surface area (Å²) in [7, 11) is 4.06. The third kappa shape index (κ3) is 16.1. The first-order valence-corrected chi connectivity index (χ1v) is 30.4. The number of nitrogens with zero attached hydrogens (tertiary/aromatic N) is 10. The number of aliphatic hydroxyl groups excluding tert-OH is 3. The van der Waals surface area contributed by atoms with E-state index in [0.717, 1.165) is 17.1 Å². The van der Waals surface area contributed by atoms with Crippen molar-refractivity contribution in [2.24, 2.45) is 0 Å². The molecule has 4 aromatic heterocycles. The number of amides is 7. The number of anilines is 3. The number of nitrogens with one attached hydrogen (secondary N) is 4. The number of aliphatic hydroxyl groups is 3. The van der Waals surface area contributed by atoms with Gasteiger partial charge < -0.3 is 73.5 Å². The Morgan fingerprint density at radius 2 is 1.33 bits per heavy atom. The summed E-state index contributed by atoms with van der Waals surface area (Å²) < 4.78 is 40.4. The van der Waals surface area contributed by atoms with Gasteiger partial charge in [0.25, 0.3) is 23.6 Å². The van der Waals surface area contributed by atoms with Crippen LogP contribution < -0.4 is 35.5 Å². The zero-order valence-corrected chi connectivity index (χ0v) is 53.4. The number of ether oxygens (including phenoxy) is 6. The Morgan fingerprint density at radius 3 is 1.92 bits per heavy atom. The van der Waals surface area contributed by atoms with Crippen molar-refractivity contribution in [2.45, 2.75) is 104 Å². The predicted octanol–water partition coefficient (Wildman–Crippen LogP) is 3.31. The number of carboxylic acids is 1.